The van der Waals surface area contributed by atoms with Crippen LogP contribution in [0.15, 0.2) is 36.4 Å². The van der Waals surface area contributed by atoms with Gasteiger partial charge in [-0.2, -0.15) is 0 Å². The molecule has 0 spiro atoms. The lowest BCUT2D eigenvalue weighted by Gasteiger charge is -2.23. The van der Waals surface area contributed by atoms with Crippen LogP contribution >= 0.6 is 11.6 Å². The van der Waals surface area contributed by atoms with Gasteiger partial charge in [0.05, 0.1) is 18.7 Å². The number of hydrogen-bond acceptors (Lipinski definition) is 3. The van der Waals surface area contributed by atoms with Gasteiger partial charge in [-0.3, -0.25) is 4.79 Å². The van der Waals surface area contributed by atoms with Crippen LogP contribution in [0.1, 0.15) is 36.2 Å². The first kappa shape index (κ1) is 17.6. The van der Waals surface area contributed by atoms with Gasteiger partial charge in [0, 0.05) is 17.3 Å². The first-order valence-electron chi connectivity index (χ1n) is 8.48. The van der Waals surface area contributed by atoms with Crippen molar-refractivity contribution in [1.82, 2.24) is 0 Å². The number of amides is 1. The number of fused-ring (bicyclic) bond motifs is 1. The maximum atomic E-state index is 13.1. The molecule has 1 atom stereocenters. The molecular formula is C20H22ClNO3. The number of carbonyl (C=O) groups excluding carboxylic acids is 1. The molecule has 2 aromatic carbocycles. The van der Waals surface area contributed by atoms with Crippen LogP contribution in [0.5, 0.6) is 11.5 Å². The fourth-order valence-corrected chi connectivity index (χ4v) is 3.47. The summed E-state index contributed by atoms with van der Waals surface area (Å²) in [5.74, 6) is 0.876. The van der Waals surface area contributed by atoms with E-state index in [1.165, 1.54) is 5.56 Å². The van der Waals surface area contributed by atoms with Gasteiger partial charge >= 0.3 is 0 Å². The van der Waals surface area contributed by atoms with Crippen molar-refractivity contribution in [3.63, 3.8) is 0 Å². The average Bonchev–Trinajstić information content (AvgIpc) is 2.95. The van der Waals surface area contributed by atoms with Gasteiger partial charge < -0.3 is 14.4 Å². The van der Waals surface area contributed by atoms with Crippen molar-refractivity contribution in [2.45, 2.75) is 32.7 Å². The molecule has 0 saturated carbocycles. The van der Waals surface area contributed by atoms with Gasteiger partial charge in [0.2, 0.25) is 0 Å². The first-order chi connectivity index (χ1) is 12.1. The summed E-state index contributed by atoms with van der Waals surface area (Å²) < 4.78 is 11.1. The molecule has 0 radical (unpaired) electrons. The Morgan fingerprint density at radius 2 is 2.08 bits per heavy atom. The molecule has 0 fully saturated rings. The van der Waals surface area contributed by atoms with E-state index in [1.807, 2.05) is 30.0 Å². The average molecular weight is 360 g/mol. The Kier molecular flexibility index (Phi) is 5.19. The third kappa shape index (κ3) is 3.31. The summed E-state index contributed by atoms with van der Waals surface area (Å²) in [6.07, 6.45) is 1.71. The van der Waals surface area contributed by atoms with E-state index >= 15 is 0 Å². The number of nitrogens with zero attached hydrogens (tertiary/aromatic N) is 1. The van der Waals surface area contributed by atoms with Gasteiger partial charge in [0.1, 0.15) is 0 Å². The van der Waals surface area contributed by atoms with Crippen LogP contribution in [0.25, 0.3) is 0 Å². The lowest BCUT2D eigenvalue weighted by molar-refractivity contribution is 0.0981. The molecule has 5 heteroatoms. The number of halogens is 1. The summed E-state index contributed by atoms with van der Waals surface area (Å²) in [5.41, 5.74) is 2.64. The van der Waals surface area contributed by atoms with E-state index in [4.69, 9.17) is 21.1 Å². The van der Waals surface area contributed by atoms with Crippen LogP contribution in [0.4, 0.5) is 5.69 Å². The Balaban J connectivity index is 1.96. The molecule has 1 aliphatic heterocycles. The van der Waals surface area contributed by atoms with Crippen molar-refractivity contribution >= 4 is 23.2 Å². The molecule has 2 aromatic rings. The molecule has 4 nitrogen and oxygen atoms in total. The monoisotopic (exact) mass is 359 g/mol. The summed E-state index contributed by atoms with van der Waals surface area (Å²) in [6, 6.07) is 11.5. The topological polar surface area (TPSA) is 38.8 Å². The van der Waals surface area contributed by atoms with Crippen LogP contribution in [0.3, 0.4) is 0 Å². The fraction of sp³-hybridized carbons (Fsp3) is 0.350. The lowest BCUT2D eigenvalue weighted by atomic mass is 10.1. The summed E-state index contributed by atoms with van der Waals surface area (Å²) >= 11 is 6.36. The van der Waals surface area contributed by atoms with Crippen molar-refractivity contribution in [3.05, 3.63) is 52.5 Å². The largest absolute Gasteiger partial charge is 0.493 e. The van der Waals surface area contributed by atoms with E-state index in [2.05, 4.69) is 13.0 Å². The normalized spacial score (nSPS) is 15.8. The molecule has 1 heterocycles. The van der Waals surface area contributed by atoms with Crippen LogP contribution in [-0.4, -0.2) is 25.7 Å². The number of ether oxygens (including phenoxy) is 2. The minimum absolute atomic E-state index is 0.0836. The number of para-hydroxylation sites is 1. The van der Waals surface area contributed by atoms with Gasteiger partial charge in [0.15, 0.2) is 11.5 Å². The molecule has 0 aliphatic carbocycles. The molecule has 0 bridgehead atoms. The maximum absolute atomic E-state index is 13.1. The third-order valence-electron chi connectivity index (χ3n) is 4.35. The minimum atomic E-state index is -0.0836. The number of carbonyl (C=O) groups is 1. The predicted molar refractivity (Wildman–Crippen MR) is 100 cm³/mol. The van der Waals surface area contributed by atoms with E-state index in [9.17, 15) is 4.79 Å². The van der Waals surface area contributed by atoms with Crippen LogP contribution in [0.2, 0.25) is 5.02 Å². The highest BCUT2D eigenvalue weighted by Gasteiger charge is 2.32. The highest BCUT2D eigenvalue weighted by Crippen LogP contribution is 2.39. The van der Waals surface area contributed by atoms with E-state index in [0.717, 1.165) is 18.5 Å². The summed E-state index contributed by atoms with van der Waals surface area (Å²) in [6.45, 7) is 4.61. The smallest absolute Gasteiger partial charge is 0.258 e. The molecule has 3 rings (SSSR count). The fourth-order valence-electron chi connectivity index (χ4n) is 3.20. The predicted octanol–water partition coefficient (Wildman–Crippen LogP) is 4.73. The van der Waals surface area contributed by atoms with E-state index in [-0.39, 0.29) is 11.9 Å². The van der Waals surface area contributed by atoms with Gasteiger partial charge in [-0.25, -0.2) is 0 Å². The Morgan fingerprint density at radius 3 is 2.80 bits per heavy atom. The van der Waals surface area contributed by atoms with Gasteiger partial charge in [0.25, 0.3) is 5.91 Å². The lowest BCUT2D eigenvalue weighted by Crippen LogP contribution is -2.35. The van der Waals surface area contributed by atoms with Crippen LogP contribution < -0.4 is 14.4 Å². The molecule has 1 amide bonds. The van der Waals surface area contributed by atoms with Crippen molar-refractivity contribution in [2.24, 2.45) is 0 Å². The number of rotatable bonds is 5. The molecule has 25 heavy (non-hydrogen) atoms. The molecular weight excluding hydrogens is 338 g/mol. The SMILES string of the molecule is CCCOc1c(Cl)cc(C(=O)N2c3ccccc3CC2C)cc1OC. The second-order valence-electron chi connectivity index (χ2n) is 6.19. The molecule has 0 aromatic heterocycles. The van der Waals surface area contributed by atoms with Crippen molar-refractivity contribution in [2.75, 3.05) is 18.6 Å². The summed E-state index contributed by atoms with van der Waals surface area (Å²) in [7, 11) is 1.55. The zero-order valence-electron chi connectivity index (χ0n) is 14.7. The Labute approximate surface area is 153 Å². The van der Waals surface area contributed by atoms with Gasteiger partial charge in [-0.15, -0.1) is 0 Å². The Morgan fingerprint density at radius 1 is 1.32 bits per heavy atom. The number of methoxy groups -OCH3 is 1. The zero-order valence-corrected chi connectivity index (χ0v) is 15.5. The van der Waals surface area contributed by atoms with Crippen molar-refractivity contribution < 1.29 is 14.3 Å². The molecule has 0 N–H and O–H groups in total. The number of hydrogen-bond donors (Lipinski definition) is 0. The highest BCUT2D eigenvalue weighted by molar-refractivity contribution is 6.33. The number of anilines is 1. The Hall–Kier alpha value is -2.20. The molecule has 1 unspecified atom stereocenters. The summed E-state index contributed by atoms with van der Waals surface area (Å²) in [4.78, 5) is 15.0. The van der Waals surface area contributed by atoms with E-state index < -0.39 is 0 Å². The van der Waals surface area contributed by atoms with Crippen molar-refractivity contribution in [1.29, 1.82) is 0 Å². The summed E-state index contributed by atoms with van der Waals surface area (Å²) in [5, 5.41) is 0.385. The minimum Gasteiger partial charge on any atom is -0.493 e. The van der Waals surface area contributed by atoms with E-state index in [0.29, 0.717) is 28.7 Å². The zero-order chi connectivity index (χ0) is 18.0. The van der Waals surface area contributed by atoms with Gasteiger partial charge in [-0.05, 0) is 43.5 Å². The highest BCUT2D eigenvalue weighted by atomic mass is 35.5. The Bertz CT molecular complexity index is 791. The molecule has 1 aliphatic rings. The first-order valence-corrected chi connectivity index (χ1v) is 8.86. The molecule has 0 saturated heterocycles. The number of benzene rings is 2. The standard InChI is InChI=1S/C20H22ClNO3/c1-4-9-25-19-16(21)11-15(12-18(19)24-3)20(23)22-13(2)10-14-7-5-6-8-17(14)22/h5-8,11-13H,4,9-10H2,1-3H3. The van der Waals surface area contributed by atoms with Crippen molar-refractivity contribution in [3.8, 4) is 11.5 Å². The second-order valence-corrected chi connectivity index (χ2v) is 6.60. The third-order valence-corrected chi connectivity index (χ3v) is 4.63. The second kappa shape index (κ2) is 7.36. The van der Waals surface area contributed by atoms with Gasteiger partial charge in [-0.1, -0.05) is 36.7 Å². The van der Waals surface area contributed by atoms with Crippen LogP contribution in [0, 0.1) is 0 Å². The van der Waals surface area contributed by atoms with E-state index in [1.54, 1.807) is 19.2 Å². The maximum Gasteiger partial charge on any atom is 0.258 e. The molecule has 132 valence electrons. The van der Waals surface area contributed by atoms with Crippen LogP contribution in [-0.2, 0) is 6.42 Å². The quantitative estimate of drug-likeness (QED) is 0.774.